The minimum atomic E-state index is -0.861. The zero-order valence-electron chi connectivity index (χ0n) is 8.74. The number of hydrogen-bond donors (Lipinski definition) is 1. The number of nitrogens with zero attached hydrogens (tertiary/aromatic N) is 1. The maximum atomic E-state index is 13.3. The van der Waals surface area contributed by atoms with Gasteiger partial charge in [0.2, 0.25) is 0 Å². The number of carbonyl (C=O) groups is 1. The predicted molar refractivity (Wildman–Crippen MR) is 54.8 cm³/mol. The summed E-state index contributed by atoms with van der Waals surface area (Å²) in [5, 5.41) is 11.5. The molecule has 0 fully saturated rings. The number of esters is 1. The fourth-order valence-electron chi connectivity index (χ4n) is 1.19. The topological polar surface area (TPSA) is 62.1 Å². The van der Waals surface area contributed by atoms with Crippen LogP contribution in [0.4, 0.5) is 4.39 Å². The van der Waals surface area contributed by atoms with Crippen molar-refractivity contribution in [2.75, 3.05) is 13.7 Å². The van der Waals surface area contributed by atoms with E-state index in [1.54, 1.807) is 6.07 Å². The van der Waals surface area contributed by atoms with Gasteiger partial charge in [-0.1, -0.05) is 18.2 Å². The standard InChI is InChI=1S/C11H11FN2O2/c1-16-11(15)7-14-10(6-13)8-4-2-3-5-9(8)12/h2-5,10,14H,7H2,1H3. The number of ether oxygens (including phenoxy) is 1. The second-order valence-corrected chi connectivity index (χ2v) is 3.04. The van der Waals surface area contributed by atoms with E-state index in [0.29, 0.717) is 0 Å². The van der Waals surface area contributed by atoms with Crippen LogP contribution in [0, 0.1) is 17.1 Å². The van der Waals surface area contributed by atoms with Crippen LogP contribution in [0.1, 0.15) is 11.6 Å². The van der Waals surface area contributed by atoms with Crippen molar-refractivity contribution in [2.24, 2.45) is 0 Å². The molecule has 84 valence electrons. The van der Waals surface area contributed by atoms with Crippen LogP contribution >= 0.6 is 0 Å². The molecule has 1 rings (SSSR count). The first-order valence-corrected chi connectivity index (χ1v) is 4.63. The molecule has 16 heavy (non-hydrogen) atoms. The van der Waals surface area contributed by atoms with Crippen molar-refractivity contribution in [1.29, 1.82) is 5.26 Å². The molecule has 0 spiro atoms. The number of rotatable bonds is 4. The predicted octanol–water partition coefficient (Wildman–Crippen LogP) is 1.15. The van der Waals surface area contributed by atoms with Gasteiger partial charge in [0.05, 0.1) is 19.7 Å². The lowest BCUT2D eigenvalue weighted by molar-refractivity contribution is -0.139. The van der Waals surface area contributed by atoms with Gasteiger partial charge in [0.15, 0.2) is 0 Å². The van der Waals surface area contributed by atoms with Crippen molar-refractivity contribution in [3.63, 3.8) is 0 Å². The van der Waals surface area contributed by atoms with E-state index in [1.807, 2.05) is 6.07 Å². The van der Waals surface area contributed by atoms with Gasteiger partial charge in [-0.3, -0.25) is 10.1 Å². The number of carbonyl (C=O) groups excluding carboxylic acids is 1. The first-order valence-electron chi connectivity index (χ1n) is 4.63. The lowest BCUT2D eigenvalue weighted by Gasteiger charge is -2.11. The van der Waals surface area contributed by atoms with Gasteiger partial charge in [-0.15, -0.1) is 0 Å². The molecule has 0 amide bonds. The van der Waals surface area contributed by atoms with Crippen LogP contribution in [0.25, 0.3) is 0 Å². The third-order valence-electron chi connectivity index (χ3n) is 2.02. The first kappa shape index (κ1) is 12.1. The fourth-order valence-corrected chi connectivity index (χ4v) is 1.19. The summed E-state index contributed by atoms with van der Waals surface area (Å²) in [4.78, 5) is 10.9. The zero-order chi connectivity index (χ0) is 12.0. The Morgan fingerprint density at radius 3 is 2.88 bits per heavy atom. The number of hydrogen-bond acceptors (Lipinski definition) is 4. The summed E-state index contributed by atoms with van der Waals surface area (Å²) in [6, 6.07) is 6.94. The van der Waals surface area contributed by atoms with Gasteiger partial charge in [-0.2, -0.15) is 5.26 Å². The van der Waals surface area contributed by atoms with Crippen molar-refractivity contribution in [1.82, 2.24) is 5.32 Å². The van der Waals surface area contributed by atoms with Gasteiger partial charge in [-0.25, -0.2) is 4.39 Å². The summed E-state index contributed by atoms with van der Waals surface area (Å²) < 4.78 is 17.7. The minimum absolute atomic E-state index is 0.136. The van der Waals surface area contributed by atoms with E-state index in [2.05, 4.69) is 10.1 Å². The molecule has 0 heterocycles. The summed E-state index contributed by atoms with van der Waals surface area (Å²) in [5.41, 5.74) is 0.217. The van der Waals surface area contributed by atoms with Gasteiger partial charge in [-0.05, 0) is 6.07 Å². The number of nitriles is 1. The molecule has 0 aliphatic rings. The number of benzene rings is 1. The summed E-state index contributed by atoms with van der Waals surface area (Å²) in [6.45, 7) is -0.136. The lowest BCUT2D eigenvalue weighted by Crippen LogP contribution is -2.28. The average Bonchev–Trinajstić information content (AvgIpc) is 2.31. The Hall–Kier alpha value is -1.93. The third-order valence-corrected chi connectivity index (χ3v) is 2.02. The van der Waals surface area contributed by atoms with Crippen LogP contribution < -0.4 is 5.32 Å². The lowest BCUT2D eigenvalue weighted by atomic mass is 10.1. The van der Waals surface area contributed by atoms with Gasteiger partial charge in [0, 0.05) is 5.56 Å². The molecule has 1 unspecified atom stereocenters. The first-order chi connectivity index (χ1) is 7.69. The number of methoxy groups -OCH3 is 1. The second kappa shape index (κ2) is 5.83. The smallest absolute Gasteiger partial charge is 0.319 e. The summed E-state index contributed by atoms with van der Waals surface area (Å²) >= 11 is 0. The molecule has 5 heteroatoms. The summed E-state index contributed by atoms with van der Waals surface area (Å²) in [5.74, 6) is -0.983. The van der Waals surface area contributed by atoms with Gasteiger partial charge < -0.3 is 4.74 Å². The Labute approximate surface area is 92.6 Å². The van der Waals surface area contributed by atoms with Crippen molar-refractivity contribution >= 4 is 5.97 Å². The molecule has 0 saturated carbocycles. The van der Waals surface area contributed by atoms with E-state index in [4.69, 9.17) is 5.26 Å². The normalized spacial score (nSPS) is 11.6. The molecule has 1 N–H and O–H groups in total. The van der Waals surface area contributed by atoms with Crippen LogP contribution in [0.15, 0.2) is 24.3 Å². The number of halogens is 1. The minimum Gasteiger partial charge on any atom is -0.468 e. The monoisotopic (exact) mass is 222 g/mol. The summed E-state index contributed by atoms with van der Waals surface area (Å²) in [7, 11) is 1.24. The van der Waals surface area contributed by atoms with Crippen molar-refractivity contribution < 1.29 is 13.9 Å². The molecular formula is C11H11FN2O2. The molecule has 1 aromatic rings. The maximum absolute atomic E-state index is 13.3. The van der Waals surface area contributed by atoms with Crippen molar-refractivity contribution in [3.05, 3.63) is 35.6 Å². The van der Waals surface area contributed by atoms with E-state index in [0.717, 1.165) is 0 Å². The Morgan fingerprint density at radius 1 is 1.62 bits per heavy atom. The van der Waals surface area contributed by atoms with Crippen LogP contribution in [0.2, 0.25) is 0 Å². The Balaban J connectivity index is 2.73. The third kappa shape index (κ3) is 3.04. The van der Waals surface area contributed by atoms with Gasteiger partial charge in [0.1, 0.15) is 11.9 Å². The van der Waals surface area contributed by atoms with E-state index in [1.165, 1.54) is 25.3 Å². The molecule has 1 aromatic carbocycles. The van der Waals surface area contributed by atoms with E-state index < -0.39 is 17.8 Å². The van der Waals surface area contributed by atoms with Gasteiger partial charge >= 0.3 is 5.97 Å². The van der Waals surface area contributed by atoms with E-state index in [-0.39, 0.29) is 12.1 Å². The highest BCUT2D eigenvalue weighted by Gasteiger charge is 2.15. The highest BCUT2D eigenvalue weighted by molar-refractivity contribution is 5.71. The molecule has 0 aliphatic carbocycles. The number of nitrogens with one attached hydrogen (secondary N) is 1. The van der Waals surface area contributed by atoms with Crippen molar-refractivity contribution in [3.8, 4) is 6.07 Å². The van der Waals surface area contributed by atoms with Gasteiger partial charge in [0.25, 0.3) is 0 Å². The SMILES string of the molecule is COC(=O)CNC(C#N)c1ccccc1F. The quantitative estimate of drug-likeness (QED) is 0.776. The van der Waals surface area contributed by atoms with E-state index in [9.17, 15) is 9.18 Å². The molecule has 0 radical (unpaired) electrons. The highest BCUT2D eigenvalue weighted by Crippen LogP contribution is 2.15. The summed E-state index contributed by atoms with van der Waals surface area (Å²) in [6.07, 6.45) is 0. The van der Waals surface area contributed by atoms with Crippen LogP contribution in [0.5, 0.6) is 0 Å². The maximum Gasteiger partial charge on any atom is 0.319 e. The highest BCUT2D eigenvalue weighted by atomic mass is 19.1. The zero-order valence-corrected chi connectivity index (χ0v) is 8.74. The molecule has 4 nitrogen and oxygen atoms in total. The largest absolute Gasteiger partial charge is 0.468 e. The molecule has 0 bridgehead atoms. The van der Waals surface area contributed by atoms with Crippen LogP contribution in [-0.2, 0) is 9.53 Å². The second-order valence-electron chi connectivity index (χ2n) is 3.04. The Morgan fingerprint density at radius 2 is 2.31 bits per heavy atom. The molecule has 0 saturated heterocycles. The average molecular weight is 222 g/mol. The molecule has 0 aromatic heterocycles. The Bertz CT molecular complexity index is 415. The van der Waals surface area contributed by atoms with Crippen LogP contribution in [-0.4, -0.2) is 19.6 Å². The molecular weight excluding hydrogens is 211 g/mol. The fraction of sp³-hybridized carbons (Fsp3) is 0.273. The van der Waals surface area contributed by atoms with Crippen molar-refractivity contribution in [2.45, 2.75) is 6.04 Å². The Kier molecular flexibility index (Phi) is 4.42. The van der Waals surface area contributed by atoms with Crippen LogP contribution in [0.3, 0.4) is 0 Å². The molecule has 1 atom stereocenters. The van der Waals surface area contributed by atoms with E-state index >= 15 is 0 Å². The molecule has 0 aliphatic heterocycles.